The Hall–Kier alpha value is -4.67. The van der Waals surface area contributed by atoms with E-state index in [1.54, 1.807) is 48.5 Å². The first-order chi connectivity index (χ1) is 20.8. The van der Waals surface area contributed by atoms with E-state index in [4.69, 9.17) is 0 Å². The van der Waals surface area contributed by atoms with E-state index in [-0.39, 0.29) is 11.8 Å². The van der Waals surface area contributed by atoms with E-state index >= 15 is 0 Å². The molecule has 1 fully saturated rings. The lowest BCUT2D eigenvalue weighted by molar-refractivity contribution is -0.111. The second-order valence-electron chi connectivity index (χ2n) is 10.9. The second-order valence-corrected chi connectivity index (χ2v) is 10.9. The lowest BCUT2D eigenvalue weighted by Gasteiger charge is -2.32. The van der Waals surface area contributed by atoms with Gasteiger partial charge in [-0.05, 0) is 74.0 Å². The first-order valence-corrected chi connectivity index (χ1v) is 14.6. The minimum absolute atomic E-state index is 0.125. The molecule has 5 rings (SSSR count). The molecule has 10 nitrogen and oxygen atoms in total. The minimum atomic E-state index is -0.319. The van der Waals surface area contributed by atoms with Gasteiger partial charge < -0.3 is 20.0 Å². The molecule has 10 heteroatoms. The van der Waals surface area contributed by atoms with Crippen molar-refractivity contribution in [3.63, 3.8) is 0 Å². The van der Waals surface area contributed by atoms with Gasteiger partial charge in [0.25, 0.3) is 5.91 Å². The first kappa shape index (κ1) is 29.8. The summed E-state index contributed by atoms with van der Waals surface area (Å²) in [6, 6.07) is 18.6. The third kappa shape index (κ3) is 8.21. The number of rotatable bonds is 10. The number of carbonyl (C=O) groups excluding carboxylic acids is 2. The Morgan fingerprint density at radius 3 is 2.58 bits per heavy atom. The molecule has 0 aliphatic carbocycles. The summed E-state index contributed by atoms with van der Waals surface area (Å²) in [7, 11) is 3.92. The zero-order chi connectivity index (χ0) is 30.2. The van der Waals surface area contributed by atoms with Crippen LogP contribution >= 0.6 is 0 Å². The van der Waals surface area contributed by atoms with Gasteiger partial charge in [0.2, 0.25) is 5.91 Å². The molecule has 3 heterocycles. The van der Waals surface area contributed by atoms with Crippen LogP contribution in [0.25, 0.3) is 17.3 Å². The third-order valence-electron chi connectivity index (χ3n) is 7.56. The number of aryl methyl sites for hydroxylation is 2. The van der Waals surface area contributed by atoms with Crippen molar-refractivity contribution in [2.45, 2.75) is 19.9 Å². The van der Waals surface area contributed by atoms with Crippen molar-refractivity contribution in [2.24, 2.45) is 0 Å². The molecule has 43 heavy (non-hydrogen) atoms. The molecule has 0 unspecified atom stereocenters. The molecule has 1 aliphatic rings. The maximum atomic E-state index is 13.0. The van der Waals surface area contributed by atoms with Crippen molar-refractivity contribution in [1.29, 1.82) is 0 Å². The standard InChI is InChI=1S/C33H38N8O2/c1-25-7-4-10-29(21-25)39(3)33(43)27-9-5-8-26(22-27)11-14-32(42)35-31-13-12-28(23-34-31)30-24-41(37-36-30)16-6-15-40-19-17-38(2)18-20-40/h4-5,7-14,21-24H,6,15-20H2,1-3H3,(H,34,35,42)/b14-11+. The maximum Gasteiger partial charge on any atom is 0.258 e. The molecule has 1 aliphatic heterocycles. The van der Waals surface area contributed by atoms with Crippen LogP contribution in [0.2, 0.25) is 0 Å². The monoisotopic (exact) mass is 578 g/mol. The summed E-state index contributed by atoms with van der Waals surface area (Å²) in [5.74, 6) is -0.0119. The summed E-state index contributed by atoms with van der Waals surface area (Å²) in [5, 5.41) is 11.3. The molecule has 4 aromatic rings. The number of piperazine rings is 1. The maximum absolute atomic E-state index is 13.0. The smallest absolute Gasteiger partial charge is 0.258 e. The summed E-state index contributed by atoms with van der Waals surface area (Å²) >= 11 is 0. The number of nitrogens with zero attached hydrogens (tertiary/aromatic N) is 7. The predicted octanol–water partition coefficient (Wildman–Crippen LogP) is 4.21. The molecule has 0 saturated carbocycles. The summed E-state index contributed by atoms with van der Waals surface area (Å²) in [6.45, 7) is 8.34. The van der Waals surface area contributed by atoms with Gasteiger partial charge in [-0.15, -0.1) is 5.10 Å². The molecule has 1 N–H and O–H groups in total. The summed E-state index contributed by atoms with van der Waals surface area (Å²) in [5.41, 5.74) is 4.76. The number of nitrogens with one attached hydrogen (secondary N) is 1. The number of hydrogen-bond donors (Lipinski definition) is 1. The van der Waals surface area contributed by atoms with E-state index in [1.807, 2.05) is 54.2 Å². The number of likely N-dealkylation sites (N-methyl/N-ethyl adjacent to an activating group) is 1. The Kier molecular flexibility index (Phi) is 9.70. The van der Waals surface area contributed by atoms with Crippen molar-refractivity contribution in [3.8, 4) is 11.3 Å². The van der Waals surface area contributed by atoms with Gasteiger partial charge in [0, 0.05) is 75.4 Å². The fourth-order valence-electron chi connectivity index (χ4n) is 4.95. The van der Waals surface area contributed by atoms with Crippen molar-refractivity contribution in [2.75, 3.05) is 57.0 Å². The van der Waals surface area contributed by atoms with E-state index < -0.39 is 0 Å². The normalized spacial score (nSPS) is 14.2. The zero-order valence-electron chi connectivity index (χ0n) is 25.0. The van der Waals surface area contributed by atoms with Crippen LogP contribution in [0.15, 0.2) is 79.1 Å². The van der Waals surface area contributed by atoms with Crippen LogP contribution < -0.4 is 10.2 Å². The number of hydrogen-bond acceptors (Lipinski definition) is 7. The SMILES string of the molecule is Cc1cccc(N(C)C(=O)c2cccc(/C=C/C(=O)Nc3ccc(-c4cn(CCCN5CCN(C)CC5)nn4)cn3)c2)c1. The van der Waals surface area contributed by atoms with Crippen molar-refractivity contribution < 1.29 is 9.59 Å². The van der Waals surface area contributed by atoms with Crippen LogP contribution in [0, 0.1) is 6.92 Å². The molecular weight excluding hydrogens is 540 g/mol. The lowest BCUT2D eigenvalue weighted by atomic mass is 10.1. The van der Waals surface area contributed by atoms with Crippen molar-refractivity contribution >= 4 is 29.4 Å². The summed E-state index contributed by atoms with van der Waals surface area (Å²) in [4.78, 5) is 36.5. The van der Waals surface area contributed by atoms with E-state index in [0.29, 0.717) is 11.4 Å². The van der Waals surface area contributed by atoms with Crippen LogP contribution in [-0.2, 0) is 11.3 Å². The Bertz CT molecular complexity index is 1570. The largest absolute Gasteiger partial charge is 0.311 e. The molecule has 0 bridgehead atoms. The molecule has 0 radical (unpaired) electrons. The van der Waals surface area contributed by atoms with Gasteiger partial charge in [-0.2, -0.15) is 0 Å². The second kappa shape index (κ2) is 14.0. The van der Waals surface area contributed by atoms with E-state index in [0.717, 1.165) is 73.8 Å². The highest BCUT2D eigenvalue weighted by Gasteiger charge is 2.15. The topological polar surface area (TPSA) is 99.5 Å². The van der Waals surface area contributed by atoms with Crippen LogP contribution in [0.1, 0.15) is 27.9 Å². The first-order valence-electron chi connectivity index (χ1n) is 14.6. The molecule has 0 spiro atoms. The number of aromatic nitrogens is 4. The number of amides is 2. The summed E-state index contributed by atoms with van der Waals surface area (Å²) in [6.07, 6.45) is 7.73. The Morgan fingerprint density at radius 1 is 1.00 bits per heavy atom. The van der Waals surface area contributed by atoms with Crippen molar-refractivity contribution in [3.05, 3.63) is 95.8 Å². The van der Waals surface area contributed by atoms with Gasteiger partial charge in [-0.3, -0.25) is 14.3 Å². The minimum Gasteiger partial charge on any atom is -0.311 e. The molecule has 222 valence electrons. The third-order valence-corrected chi connectivity index (χ3v) is 7.56. The van der Waals surface area contributed by atoms with Gasteiger partial charge in [0.15, 0.2) is 0 Å². The van der Waals surface area contributed by atoms with Crippen molar-refractivity contribution in [1.82, 2.24) is 29.8 Å². The average molecular weight is 579 g/mol. The number of benzene rings is 2. The van der Waals surface area contributed by atoms with Gasteiger partial charge in [0.05, 0.1) is 6.20 Å². The molecule has 2 aromatic carbocycles. The molecule has 2 amide bonds. The average Bonchev–Trinajstić information content (AvgIpc) is 3.50. The molecular formula is C33H38N8O2. The highest BCUT2D eigenvalue weighted by Crippen LogP contribution is 2.19. The van der Waals surface area contributed by atoms with Crippen LogP contribution in [0.5, 0.6) is 0 Å². The fraction of sp³-hybridized carbons (Fsp3) is 0.303. The Labute approximate surface area is 252 Å². The molecule has 1 saturated heterocycles. The predicted molar refractivity (Wildman–Crippen MR) is 170 cm³/mol. The number of carbonyl (C=O) groups is 2. The number of pyridine rings is 1. The highest BCUT2D eigenvalue weighted by molar-refractivity contribution is 6.06. The van der Waals surface area contributed by atoms with Crippen LogP contribution in [-0.4, -0.2) is 88.4 Å². The van der Waals surface area contributed by atoms with Gasteiger partial charge in [0.1, 0.15) is 11.5 Å². The van der Waals surface area contributed by atoms with Gasteiger partial charge in [-0.25, -0.2) is 4.98 Å². The van der Waals surface area contributed by atoms with Crippen LogP contribution in [0.4, 0.5) is 11.5 Å². The molecule has 0 atom stereocenters. The van der Waals surface area contributed by atoms with Gasteiger partial charge >= 0.3 is 0 Å². The quantitative estimate of drug-likeness (QED) is 0.282. The summed E-state index contributed by atoms with van der Waals surface area (Å²) < 4.78 is 1.87. The van der Waals surface area contributed by atoms with Gasteiger partial charge in [-0.1, -0.05) is 29.5 Å². The zero-order valence-corrected chi connectivity index (χ0v) is 25.0. The molecule has 2 aromatic heterocycles. The fourth-order valence-corrected chi connectivity index (χ4v) is 4.95. The van der Waals surface area contributed by atoms with E-state index in [9.17, 15) is 9.59 Å². The van der Waals surface area contributed by atoms with Crippen LogP contribution in [0.3, 0.4) is 0 Å². The number of anilines is 2. The Balaban J connectivity index is 1.12. The van der Waals surface area contributed by atoms with E-state index in [2.05, 4.69) is 37.5 Å². The Morgan fingerprint density at radius 2 is 1.81 bits per heavy atom. The highest BCUT2D eigenvalue weighted by atomic mass is 16.2. The van der Waals surface area contributed by atoms with E-state index in [1.165, 1.54) is 6.08 Å². The lowest BCUT2D eigenvalue weighted by Crippen LogP contribution is -2.44.